The molecular formula is C12H17Cl2NO. The van der Waals surface area contributed by atoms with Gasteiger partial charge >= 0.3 is 0 Å². The van der Waals surface area contributed by atoms with Gasteiger partial charge in [0.15, 0.2) is 0 Å². The fourth-order valence-corrected chi connectivity index (χ4v) is 1.93. The molecule has 90 valence electrons. The molecule has 0 radical (unpaired) electrons. The Morgan fingerprint density at radius 1 is 1.25 bits per heavy atom. The Morgan fingerprint density at radius 2 is 1.81 bits per heavy atom. The summed E-state index contributed by atoms with van der Waals surface area (Å²) in [5, 5.41) is 13.6. The van der Waals surface area contributed by atoms with E-state index < -0.39 is 0 Å². The monoisotopic (exact) mass is 261 g/mol. The van der Waals surface area contributed by atoms with Crippen molar-refractivity contribution in [3.63, 3.8) is 0 Å². The summed E-state index contributed by atoms with van der Waals surface area (Å²) >= 11 is 12.1. The van der Waals surface area contributed by atoms with Crippen LogP contribution in [0, 0.1) is 0 Å². The van der Waals surface area contributed by atoms with Gasteiger partial charge < -0.3 is 10.4 Å². The second-order valence-corrected chi connectivity index (χ2v) is 5.23. The third kappa shape index (κ3) is 3.95. The molecule has 4 heteroatoms. The molecule has 2 nitrogen and oxygen atoms in total. The molecule has 0 fully saturated rings. The molecule has 0 aliphatic carbocycles. The first kappa shape index (κ1) is 13.8. The minimum absolute atomic E-state index is 0.128. The minimum Gasteiger partial charge on any atom is -0.396 e. The summed E-state index contributed by atoms with van der Waals surface area (Å²) < 4.78 is 0. The van der Waals surface area contributed by atoms with Crippen molar-refractivity contribution in [2.75, 3.05) is 6.61 Å². The summed E-state index contributed by atoms with van der Waals surface area (Å²) in [7, 11) is 0. The summed E-state index contributed by atoms with van der Waals surface area (Å²) in [4.78, 5) is 0. The summed E-state index contributed by atoms with van der Waals surface area (Å²) in [5.41, 5.74) is 0.772. The number of nitrogens with one attached hydrogen (secondary N) is 1. The quantitative estimate of drug-likeness (QED) is 0.853. The lowest BCUT2D eigenvalue weighted by molar-refractivity contribution is 0.230. The van der Waals surface area contributed by atoms with Crippen LogP contribution < -0.4 is 5.32 Å². The van der Waals surface area contributed by atoms with Crippen molar-refractivity contribution >= 4 is 23.2 Å². The van der Waals surface area contributed by atoms with Crippen molar-refractivity contribution in [3.8, 4) is 0 Å². The number of halogens is 2. The standard InChI is InChI=1S/C12H17Cl2NO/c1-12(2,6-7-16)15-8-9-10(13)4-3-5-11(9)14/h3-5,15-16H,6-8H2,1-2H3. The van der Waals surface area contributed by atoms with E-state index in [0.29, 0.717) is 23.0 Å². The lowest BCUT2D eigenvalue weighted by Gasteiger charge is -2.26. The predicted molar refractivity (Wildman–Crippen MR) is 69.1 cm³/mol. The molecule has 0 unspecified atom stereocenters. The SMILES string of the molecule is CC(C)(CCO)NCc1c(Cl)cccc1Cl. The molecule has 0 aliphatic heterocycles. The highest BCUT2D eigenvalue weighted by atomic mass is 35.5. The van der Waals surface area contributed by atoms with Crippen LogP contribution in [-0.2, 0) is 6.54 Å². The van der Waals surface area contributed by atoms with E-state index in [-0.39, 0.29) is 12.1 Å². The minimum atomic E-state index is -0.128. The Bertz CT molecular complexity index is 333. The third-order valence-electron chi connectivity index (χ3n) is 2.54. The average Bonchev–Trinajstić information content (AvgIpc) is 2.16. The zero-order chi connectivity index (χ0) is 12.2. The van der Waals surface area contributed by atoms with Crippen molar-refractivity contribution in [2.24, 2.45) is 0 Å². The largest absolute Gasteiger partial charge is 0.396 e. The number of hydrogen-bond acceptors (Lipinski definition) is 2. The van der Waals surface area contributed by atoms with Gasteiger partial charge in [0.2, 0.25) is 0 Å². The molecule has 0 saturated carbocycles. The molecule has 1 aromatic carbocycles. The summed E-state index contributed by atoms with van der Waals surface area (Å²) in [6, 6.07) is 5.47. The van der Waals surface area contributed by atoms with Gasteiger partial charge in [-0.2, -0.15) is 0 Å². The van der Waals surface area contributed by atoms with E-state index in [9.17, 15) is 0 Å². The van der Waals surface area contributed by atoms with Gasteiger partial charge in [0, 0.05) is 34.3 Å². The molecule has 0 heterocycles. The molecule has 0 atom stereocenters. The third-order valence-corrected chi connectivity index (χ3v) is 3.25. The van der Waals surface area contributed by atoms with E-state index in [1.165, 1.54) is 0 Å². The van der Waals surface area contributed by atoms with Crippen LogP contribution in [-0.4, -0.2) is 17.3 Å². The molecule has 0 bridgehead atoms. The molecule has 0 amide bonds. The van der Waals surface area contributed by atoms with Crippen LogP contribution in [0.15, 0.2) is 18.2 Å². The molecule has 16 heavy (non-hydrogen) atoms. The molecule has 0 saturated heterocycles. The lowest BCUT2D eigenvalue weighted by Crippen LogP contribution is -2.39. The topological polar surface area (TPSA) is 32.3 Å². The normalized spacial score (nSPS) is 11.8. The van der Waals surface area contributed by atoms with Gasteiger partial charge in [0.05, 0.1) is 0 Å². The number of hydrogen-bond donors (Lipinski definition) is 2. The Morgan fingerprint density at radius 3 is 2.31 bits per heavy atom. The van der Waals surface area contributed by atoms with Crippen LogP contribution in [0.25, 0.3) is 0 Å². The number of rotatable bonds is 5. The van der Waals surface area contributed by atoms with E-state index in [1.54, 1.807) is 0 Å². The second-order valence-electron chi connectivity index (χ2n) is 4.41. The Balaban J connectivity index is 2.68. The highest BCUT2D eigenvalue weighted by Gasteiger charge is 2.17. The zero-order valence-electron chi connectivity index (χ0n) is 9.56. The molecule has 1 rings (SSSR count). The molecular weight excluding hydrogens is 245 g/mol. The van der Waals surface area contributed by atoms with Gasteiger partial charge in [-0.3, -0.25) is 0 Å². The van der Waals surface area contributed by atoms with E-state index in [0.717, 1.165) is 5.56 Å². The van der Waals surface area contributed by atoms with Crippen molar-refractivity contribution < 1.29 is 5.11 Å². The fourth-order valence-electron chi connectivity index (χ4n) is 1.40. The molecule has 2 N–H and O–H groups in total. The highest BCUT2D eigenvalue weighted by Crippen LogP contribution is 2.24. The van der Waals surface area contributed by atoms with Crippen LogP contribution in [0.5, 0.6) is 0 Å². The maximum Gasteiger partial charge on any atom is 0.0465 e. The Kier molecular flexibility index (Phi) is 5.06. The summed E-state index contributed by atoms with van der Waals surface area (Å²) in [6.07, 6.45) is 0.690. The second kappa shape index (κ2) is 5.87. The number of aliphatic hydroxyl groups excluding tert-OH is 1. The first-order valence-electron chi connectivity index (χ1n) is 5.25. The fraction of sp³-hybridized carbons (Fsp3) is 0.500. The van der Waals surface area contributed by atoms with Crippen LogP contribution in [0.2, 0.25) is 10.0 Å². The van der Waals surface area contributed by atoms with Gasteiger partial charge in [-0.25, -0.2) is 0 Å². The molecule has 1 aromatic rings. The Hall–Kier alpha value is -0.280. The van der Waals surface area contributed by atoms with Crippen LogP contribution in [0.3, 0.4) is 0 Å². The maximum atomic E-state index is 8.92. The van der Waals surface area contributed by atoms with Crippen molar-refractivity contribution in [1.29, 1.82) is 0 Å². The van der Waals surface area contributed by atoms with Crippen molar-refractivity contribution in [3.05, 3.63) is 33.8 Å². The first-order chi connectivity index (χ1) is 7.46. The zero-order valence-corrected chi connectivity index (χ0v) is 11.1. The number of benzene rings is 1. The van der Waals surface area contributed by atoms with E-state index in [1.807, 2.05) is 32.0 Å². The molecule has 0 aliphatic rings. The van der Waals surface area contributed by atoms with Gasteiger partial charge in [-0.15, -0.1) is 0 Å². The average molecular weight is 262 g/mol. The smallest absolute Gasteiger partial charge is 0.0465 e. The van der Waals surface area contributed by atoms with E-state index in [2.05, 4.69) is 5.32 Å². The lowest BCUT2D eigenvalue weighted by atomic mass is 10.0. The predicted octanol–water partition coefficient (Wildman–Crippen LogP) is 3.24. The molecule has 0 aromatic heterocycles. The first-order valence-corrected chi connectivity index (χ1v) is 6.00. The summed E-state index contributed by atoms with van der Waals surface area (Å²) in [6.45, 7) is 4.84. The van der Waals surface area contributed by atoms with Crippen molar-refractivity contribution in [2.45, 2.75) is 32.4 Å². The van der Waals surface area contributed by atoms with Crippen molar-refractivity contribution in [1.82, 2.24) is 5.32 Å². The van der Waals surface area contributed by atoms with E-state index >= 15 is 0 Å². The van der Waals surface area contributed by atoms with E-state index in [4.69, 9.17) is 28.3 Å². The van der Waals surface area contributed by atoms with Gasteiger partial charge in [-0.05, 0) is 32.4 Å². The highest BCUT2D eigenvalue weighted by molar-refractivity contribution is 6.35. The van der Waals surface area contributed by atoms with Crippen LogP contribution in [0.1, 0.15) is 25.8 Å². The van der Waals surface area contributed by atoms with Crippen LogP contribution in [0.4, 0.5) is 0 Å². The summed E-state index contributed by atoms with van der Waals surface area (Å²) in [5.74, 6) is 0. The Labute approximate surface area is 107 Å². The number of aliphatic hydroxyl groups is 1. The molecule has 0 spiro atoms. The van der Waals surface area contributed by atoms with Gasteiger partial charge in [0.25, 0.3) is 0 Å². The van der Waals surface area contributed by atoms with Gasteiger partial charge in [-0.1, -0.05) is 29.3 Å². The van der Waals surface area contributed by atoms with Crippen LogP contribution >= 0.6 is 23.2 Å². The van der Waals surface area contributed by atoms with Gasteiger partial charge in [0.1, 0.15) is 0 Å². The maximum absolute atomic E-state index is 8.92.